The van der Waals surface area contributed by atoms with Crippen LogP contribution < -0.4 is 0 Å². The third-order valence-electron chi connectivity index (χ3n) is 4.67. The molecule has 4 heteroatoms. The monoisotopic (exact) mass is 396 g/mol. The minimum Gasteiger partial charge on any atom is -0.389 e. The number of aliphatic hydroxyl groups is 1. The molecule has 0 aliphatic heterocycles. The number of terminal acetylenes is 1. The Balaban J connectivity index is 1.59. The first kappa shape index (κ1) is 19.1. The maximum atomic E-state index is 9.80. The molecule has 0 saturated carbocycles. The normalized spacial score (nSPS) is 11.8. The number of rotatable bonds is 5. The van der Waals surface area contributed by atoms with Gasteiger partial charge in [-0.25, -0.2) is 9.97 Å². The van der Waals surface area contributed by atoms with Crippen LogP contribution in [0.15, 0.2) is 72.9 Å². The average molecular weight is 397 g/mol. The fourth-order valence-electron chi connectivity index (χ4n) is 3.16. The van der Waals surface area contributed by atoms with Crippen LogP contribution >= 0.6 is 11.3 Å². The smallest absolute Gasteiger partial charge is 0.133 e. The van der Waals surface area contributed by atoms with E-state index >= 15 is 0 Å². The Hall–Kier alpha value is -3.26. The van der Waals surface area contributed by atoms with Crippen molar-refractivity contribution in [3.05, 3.63) is 95.4 Å². The van der Waals surface area contributed by atoms with E-state index in [0.717, 1.165) is 43.5 Å². The van der Waals surface area contributed by atoms with Crippen molar-refractivity contribution < 1.29 is 5.11 Å². The second kappa shape index (κ2) is 8.40. The van der Waals surface area contributed by atoms with Crippen molar-refractivity contribution >= 4 is 11.3 Å². The quantitative estimate of drug-likeness (QED) is 0.453. The van der Waals surface area contributed by atoms with Crippen LogP contribution in [0.1, 0.15) is 35.5 Å². The number of benzene rings is 2. The van der Waals surface area contributed by atoms with Gasteiger partial charge in [0.1, 0.15) is 5.82 Å². The molecule has 142 valence electrons. The van der Waals surface area contributed by atoms with Gasteiger partial charge in [-0.05, 0) is 53.9 Å². The molecule has 0 radical (unpaired) electrons. The van der Waals surface area contributed by atoms with Gasteiger partial charge in [0.25, 0.3) is 0 Å². The molecule has 29 heavy (non-hydrogen) atoms. The second-order valence-corrected chi connectivity index (χ2v) is 7.93. The molecule has 2 aromatic carbocycles. The van der Waals surface area contributed by atoms with Gasteiger partial charge in [0.2, 0.25) is 0 Å². The first-order valence-corrected chi connectivity index (χ1v) is 10.2. The van der Waals surface area contributed by atoms with Gasteiger partial charge in [-0.1, -0.05) is 42.3 Å². The zero-order valence-corrected chi connectivity index (χ0v) is 16.9. The average Bonchev–Trinajstić information content (AvgIpc) is 3.25. The third-order valence-corrected chi connectivity index (χ3v) is 5.83. The molecule has 1 N–H and O–H groups in total. The van der Waals surface area contributed by atoms with Crippen LogP contribution in [0.2, 0.25) is 0 Å². The van der Waals surface area contributed by atoms with E-state index in [-0.39, 0.29) is 0 Å². The molecule has 4 aromatic rings. The zero-order chi connectivity index (χ0) is 20.2. The van der Waals surface area contributed by atoms with Crippen LogP contribution in [-0.4, -0.2) is 15.1 Å². The second-order valence-electron chi connectivity index (χ2n) is 6.84. The van der Waals surface area contributed by atoms with E-state index < -0.39 is 6.10 Å². The van der Waals surface area contributed by atoms with Crippen molar-refractivity contribution in [2.75, 3.05) is 0 Å². The van der Waals surface area contributed by atoms with Crippen molar-refractivity contribution in [1.82, 2.24) is 9.97 Å². The van der Waals surface area contributed by atoms with Gasteiger partial charge in [-0.2, -0.15) is 0 Å². The molecule has 4 rings (SSSR count). The van der Waals surface area contributed by atoms with E-state index in [1.807, 2.05) is 48.5 Å². The number of aliphatic hydroxyl groups excluding tert-OH is 1. The molecule has 0 saturated heterocycles. The molecule has 0 bridgehead atoms. The van der Waals surface area contributed by atoms with Crippen LogP contribution in [0.25, 0.3) is 21.0 Å². The Morgan fingerprint density at radius 2 is 1.86 bits per heavy atom. The lowest BCUT2D eigenvalue weighted by molar-refractivity contribution is 0.199. The number of hydrogen-bond donors (Lipinski definition) is 1. The summed E-state index contributed by atoms with van der Waals surface area (Å²) in [6.45, 7) is 1.77. The molecule has 1 unspecified atom stereocenters. The highest BCUT2D eigenvalue weighted by Crippen LogP contribution is 2.34. The third kappa shape index (κ3) is 4.43. The molecule has 0 spiro atoms. The molecular formula is C25H20N2OS. The Bertz CT molecular complexity index is 1190. The minimum atomic E-state index is -0.486. The summed E-state index contributed by atoms with van der Waals surface area (Å²) in [5.74, 6) is 3.44. The van der Waals surface area contributed by atoms with E-state index in [0.29, 0.717) is 6.42 Å². The van der Waals surface area contributed by atoms with Crippen molar-refractivity contribution in [3.8, 4) is 33.4 Å². The van der Waals surface area contributed by atoms with Gasteiger partial charge in [0.05, 0.1) is 16.7 Å². The maximum Gasteiger partial charge on any atom is 0.133 e. The van der Waals surface area contributed by atoms with Crippen molar-refractivity contribution in [2.45, 2.75) is 19.4 Å². The summed E-state index contributed by atoms with van der Waals surface area (Å²) in [6.07, 6.45) is 7.46. The number of thiophene rings is 1. The highest BCUT2D eigenvalue weighted by molar-refractivity contribution is 7.18. The van der Waals surface area contributed by atoms with Crippen LogP contribution in [0, 0.1) is 12.3 Å². The number of aromatic nitrogens is 2. The minimum absolute atomic E-state index is 0.486. The molecular weight excluding hydrogens is 376 g/mol. The fourth-order valence-corrected chi connectivity index (χ4v) is 4.13. The summed E-state index contributed by atoms with van der Waals surface area (Å²) in [7, 11) is 0. The lowest BCUT2D eigenvalue weighted by atomic mass is 10.0. The van der Waals surface area contributed by atoms with E-state index in [1.165, 1.54) is 0 Å². The van der Waals surface area contributed by atoms with Crippen LogP contribution in [-0.2, 0) is 6.42 Å². The Labute approximate surface area is 174 Å². The highest BCUT2D eigenvalue weighted by atomic mass is 32.1. The summed E-state index contributed by atoms with van der Waals surface area (Å²) in [5, 5.41) is 9.80. The molecule has 0 fully saturated rings. The fraction of sp³-hybridized carbons (Fsp3) is 0.120. The van der Waals surface area contributed by atoms with Gasteiger partial charge in [-0.3, -0.25) is 0 Å². The predicted molar refractivity (Wildman–Crippen MR) is 119 cm³/mol. The van der Waals surface area contributed by atoms with Gasteiger partial charge in [0, 0.05) is 23.1 Å². The van der Waals surface area contributed by atoms with Crippen LogP contribution in [0.3, 0.4) is 0 Å². The van der Waals surface area contributed by atoms with E-state index in [4.69, 9.17) is 11.4 Å². The highest BCUT2D eigenvalue weighted by Gasteiger charge is 2.09. The Morgan fingerprint density at radius 3 is 2.69 bits per heavy atom. The zero-order valence-electron chi connectivity index (χ0n) is 16.0. The first-order chi connectivity index (χ1) is 14.1. The summed E-state index contributed by atoms with van der Waals surface area (Å²) in [5.41, 5.74) is 4.88. The maximum absolute atomic E-state index is 9.80. The lowest BCUT2D eigenvalue weighted by Crippen LogP contribution is -1.99. The summed E-state index contributed by atoms with van der Waals surface area (Å²) >= 11 is 1.69. The predicted octanol–water partition coefficient (Wildman–Crippen LogP) is 5.50. The Kier molecular flexibility index (Phi) is 5.53. The Morgan fingerprint density at radius 1 is 1.03 bits per heavy atom. The summed E-state index contributed by atoms with van der Waals surface area (Å²) in [6, 6.07) is 22.0. The molecule has 1 atom stereocenters. The van der Waals surface area contributed by atoms with E-state index in [2.05, 4.69) is 29.1 Å². The van der Waals surface area contributed by atoms with Crippen LogP contribution in [0.5, 0.6) is 0 Å². The molecule has 0 aliphatic rings. The van der Waals surface area contributed by atoms with Crippen LogP contribution in [0.4, 0.5) is 0 Å². The van der Waals surface area contributed by atoms with Crippen molar-refractivity contribution in [1.29, 1.82) is 0 Å². The molecule has 0 aliphatic carbocycles. The molecule has 2 heterocycles. The van der Waals surface area contributed by atoms with Gasteiger partial charge in [0.15, 0.2) is 0 Å². The first-order valence-electron chi connectivity index (χ1n) is 9.38. The van der Waals surface area contributed by atoms with Gasteiger partial charge >= 0.3 is 0 Å². The molecule has 3 nitrogen and oxygen atoms in total. The van der Waals surface area contributed by atoms with Crippen molar-refractivity contribution in [3.63, 3.8) is 0 Å². The molecule has 0 amide bonds. The lowest BCUT2D eigenvalue weighted by Gasteiger charge is -2.07. The number of nitrogens with zero attached hydrogens (tertiary/aromatic N) is 2. The van der Waals surface area contributed by atoms with Gasteiger partial charge < -0.3 is 5.11 Å². The topological polar surface area (TPSA) is 46.0 Å². The van der Waals surface area contributed by atoms with Crippen molar-refractivity contribution in [2.24, 2.45) is 0 Å². The summed E-state index contributed by atoms with van der Waals surface area (Å²) in [4.78, 5) is 11.4. The van der Waals surface area contributed by atoms with E-state index in [9.17, 15) is 5.11 Å². The summed E-state index contributed by atoms with van der Waals surface area (Å²) < 4.78 is 0. The number of hydrogen-bond acceptors (Lipinski definition) is 4. The standard InChI is InChI=1S/C25H20N2OS/c1-3-18-6-4-9-21(14-18)23-10-11-24(29-23)22-12-13-26-25(27-22)16-19-7-5-8-20(15-19)17(2)28/h1,4-15,17,28H,16H2,2H3. The SMILES string of the molecule is C#Cc1cccc(-c2ccc(-c3ccnc(Cc4cccc(C(C)O)c4)n3)s2)c1. The van der Waals surface area contributed by atoms with E-state index in [1.54, 1.807) is 24.5 Å². The van der Waals surface area contributed by atoms with Gasteiger partial charge in [-0.15, -0.1) is 17.8 Å². The molecule has 2 aromatic heterocycles. The largest absolute Gasteiger partial charge is 0.389 e.